The first-order valence-corrected chi connectivity index (χ1v) is 6.80. The van der Waals surface area contributed by atoms with Crippen molar-refractivity contribution in [2.45, 2.75) is 71.6 Å². The number of carbonyl (C=O) groups excluding carboxylic acids is 1. The van der Waals surface area contributed by atoms with Gasteiger partial charge in [0.2, 0.25) is 0 Å². The highest BCUT2D eigenvalue weighted by atomic mass is 16.4. The maximum atomic E-state index is 11.0. The third-order valence-electron chi connectivity index (χ3n) is 3.09. The van der Waals surface area contributed by atoms with Crippen LogP contribution in [0.5, 0.6) is 0 Å². The number of Topliss-reactive ketones (excluding diaryl/α,β-unsaturated/α-hetero) is 1. The molecule has 0 rings (SSSR count). The summed E-state index contributed by atoms with van der Waals surface area (Å²) < 4.78 is 0. The number of rotatable bonds is 11. The van der Waals surface area contributed by atoms with Crippen molar-refractivity contribution < 1.29 is 14.7 Å². The van der Waals surface area contributed by atoms with Crippen LogP contribution >= 0.6 is 0 Å². The van der Waals surface area contributed by atoms with Crippen molar-refractivity contribution in [1.29, 1.82) is 0 Å². The molecule has 0 aromatic carbocycles. The molecule has 1 unspecified atom stereocenters. The lowest BCUT2D eigenvalue weighted by atomic mass is 9.95. The molecule has 0 bridgehead atoms. The first-order valence-electron chi connectivity index (χ1n) is 6.80. The van der Waals surface area contributed by atoms with Crippen molar-refractivity contribution in [3.63, 3.8) is 0 Å². The molecule has 1 N–H and O–H groups in total. The fourth-order valence-electron chi connectivity index (χ4n) is 1.96. The van der Waals surface area contributed by atoms with Gasteiger partial charge in [0.15, 0.2) is 0 Å². The van der Waals surface area contributed by atoms with Crippen molar-refractivity contribution in [2.75, 3.05) is 0 Å². The zero-order valence-electron chi connectivity index (χ0n) is 11.2. The van der Waals surface area contributed by atoms with Gasteiger partial charge in [-0.05, 0) is 26.2 Å². The van der Waals surface area contributed by atoms with Crippen LogP contribution in [0.2, 0.25) is 0 Å². The highest BCUT2D eigenvalue weighted by Crippen LogP contribution is 2.17. The average Bonchev–Trinajstić information content (AvgIpc) is 2.26. The zero-order chi connectivity index (χ0) is 13.1. The SMILES string of the molecule is CCCCC(CCCCCCC(C)=O)C(=O)O. The third kappa shape index (κ3) is 10.0. The number of carboxylic acid groups (broad SMARTS) is 1. The first-order chi connectivity index (χ1) is 8.07. The van der Waals surface area contributed by atoms with Crippen LogP contribution in [0.25, 0.3) is 0 Å². The summed E-state index contributed by atoms with van der Waals surface area (Å²) in [5.74, 6) is -0.568. The summed E-state index contributed by atoms with van der Waals surface area (Å²) in [4.78, 5) is 21.7. The summed E-state index contributed by atoms with van der Waals surface area (Å²) in [5.41, 5.74) is 0. The summed E-state index contributed by atoms with van der Waals surface area (Å²) >= 11 is 0. The van der Waals surface area contributed by atoms with Crippen LogP contribution in [0.3, 0.4) is 0 Å². The molecule has 0 saturated heterocycles. The fraction of sp³-hybridized carbons (Fsp3) is 0.857. The molecule has 0 saturated carbocycles. The minimum absolute atomic E-state index is 0.164. The minimum Gasteiger partial charge on any atom is -0.481 e. The molecule has 0 spiro atoms. The second-order valence-corrected chi connectivity index (χ2v) is 4.83. The number of ketones is 1. The van der Waals surface area contributed by atoms with Gasteiger partial charge in [0.25, 0.3) is 0 Å². The molecular formula is C14H26O3. The molecule has 3 nitrogen and oxygen atoms in total. The second kappa shape index (κ2) is 10.3. The van der Waals surface area contributed by atoms with E-state index in [4.69, 9.17) is 5.11 Å². The van der Waals surface area contributed by atoms with Gasteiger partial charge in [0.1, 0.15) is 5.78 Å². The van der Waals surface area contributed by atoms with Gasteiger partial charge in [-0.15, -0.1) is 0 Å². The number of hydrogen-bond acceptors (Lipinski definition) is 2. The van der Waals surface area contributed by atoms with Crippen molar-refractivity contribution >= 4 is 11.8 Å². The van der Waals surface area contributed by atoms with Gasteiger partial charge in [-0.3, -0.25) is 4.79 Å². The second-order valence-electron chi connectivity index (χ2n) is 4.83. The smallest absolute Gasteiger partial charge is 0.306 e. The molecule has 0 heterocycles. The van der Waals surface area contributed by atoms with E-state index in [2.05, 4.69) is 6.92 Å². The van der Waals surface area contributed by atoms with Gasteiger partial charge in [0, 0.05) is 6.42 Å². The zero-order valence-corrected chi connectivity index (χ0v) is 11.2. The Bertz CT molecular complexity index is 224. The quantitative estimate of drug-likeness (QED) is 0.560. The molecule has 0 aliphatic carbocycles. The maximum Gasteiger partial charge on any atom is 0.306 e. The number of aliphatic carboxylic acids is 1. The molecule has 100 valence electrons. The lowest BCUT2D eigenvalue weighted by Gasteiger charge is -2.11. The predicted octanol–water partition coefficient (Wildman–Crippen LogP) is 3.81. The van der Waals surface area contributed by atoms with E-state index in [9.17, 15) is 9.59 Å². The Hall–Kier alpha value is -0.860. The van der Waals surface area contributed by atoms with E-state index < -0.39 is 5.97 Å². The van der Waals surface area contributed by atoms with E-state index in [1.807, 2.05) is 0 Å². The summed E-state index contributed by atoms with van der Waals surface area (Å²) in [7, 11) is 0. The molecule has 1 atom stereocenters. The Labute approximate surface area is 105 Å². The van der Waals surface area contributed by atoms with Crippen LogP contribution in [0.4, 0.5) is 0 Å². The first kappa shape index (κ1) is 16.1. The molecule has 0 fully saturated rings. The standard InChI is InChI=1S/C14H26O3/c1-3-4-10-13(14(16)17)11-8-6-5-7-9-12(2)15/h13H,3-11H2,1-2H3,(H,16,17). The van der Waals surface area contributed by atoms with E-state index in [0.29, 0.717) is 6.42 Å². The van der Waals surface area contributed by atoms with E-state index in [0.717, 1.165) is 51.4 Å². The Morgan fingerprint density at radius 1 is 1.00 bits per heavy atom. The van der Waals surface area contributed by atoms with Gasteiger partial charge in [0.05, 0.1) is 5.92 Å². The molecule has 0 amide bonds. The highest BCUT2D eigenvalue weighted by Gasteiger charge is 2.15. The number of carboxylic acids is 1. The van der Waals surface area contributed by atoms with Crippen LogP contribution in [0.1, 0.15) is 71.6 Å². The van der Waals surface area contributed by atoms with Crippen LogP contribution in [0.15, 0.2) is 0 Å². The molecule has 3 heteroatoms. The summed E-state index contributed by atoms with van der Waals surface area (Å²) in [5, 5.41) is 9.03. The van der Waals surface area contributed by atoms with Gasteiger partial charge in [-0.25, -0.2) is 0 Å². The van der Waals surface area contributed by atoms with Crippen molar-refractivity contribution in [3.8, 4) is 0 Å². The maximum absolute atomic E-state index is 11.0. The molecule has 0 aromatic rings. The molecule has 0 aliphatic heterocycles. The highest BCUT2D eigenvalue weighted by molar-refractivity contribution is 5.75. The van der Waals surface area contributed by atoms with Crippen molar-refractivity contribution in [1.82, 2.24) is 0 Å². The molecule has 0 aromatic heterocycles. The Kier molecular flexibility index (Phi) is 9.78. The predicted molar refractivity (Wildman–Crippen MR) is 69.0 cm³/mol. The van der Waals surface area contributed by atoms with Gasteiger partial charge < -0.3 is 9.90 Å². The number of hydrogen-bond donors (Lipinski definition) is 1. The lowest BCUT2D eigenvalue weighted by molar-refractivity contribution is -0.142. The fourth-order valence-corrected chi connectivity index (χ4v) is 1.96. The Morgan fingerprint density at radius 2 is 1.59 bits per heavy atom. The topological polar surface area (TPSA) is 54.4 Å². The normalized spacial score (nSPS) is 12.4. The average molecular weight is 242 g/mol. The number of unbranched alkanes of at least 4 members (excludes halogenated alkanes) is 4. The lowest BCUT2D eigenvalue weighted by Crippen LogP contribution is -2.13. The van der Waals surface area contributed by atoms with Gasteiger partial charge in [-0.1, -0.05) is 39.0 Å². The van der Waals surface area contributed by atoms with E-state index >= 15 is 0 Å². The van der Waals surface area contributed by atoms with Crippen molar-refractivity contribution in [3.05, 3.63) is 0 Å². The van der Waals surface area contributed by atoms with Crippen LogP contribution < -0.4 is 0 Å². The van der Waals surface area contributed by atoms with Gasteiger partial charge >= 0.3 is 5.97 Å². The van der Waals surface area contributed by atoms with Gasteiger partial charge in [-0.2, -0.15) is 0 Å². The molecule has 0 aliphatic rings. The monoisotopic (exact) mass is 242 g/mol. The van der Waals surface area contributed by atoms with Crippen LogP contribution in [0, 0.1) is 5.92 Å². The van der Waals surface area contributed by atoms with Crippen LogP contribution in [-0.4, -0.2) is 16.9 Å². The Balaban J connectivity index is 3.54. The van der Waals surface area contributed by atoms with E-state index in [1.54, 1.807) is 6.92 Å². The Morgan fingerprint density at radius 3 is 2.12 bits per heavy atom. The third-order valence-corrected chi connectivity index (χ3v) is 3.09. The minimum atomic E-state index is -0.651. The largest absolute Gasteiger partial charge is 0.481 e. The molecular weight excluding hydrogens is 216 g/mol. The number of carbonyl (C=O) groups is 2. The summed E-state index contributed by atoms with van der Waals surface area (Å²) in [6.45, 7) is 3.70. The van der Waals surface area contributed by atoms with E-state index in [1.165, 1.54) is 0 Å². The van der Waals surface area contributed by atoms with E-state index in [-0.39, 0.29) is 11.7 Å². The van der Waals surface area contributed by atoms with Crippen LogP contribution in [-0.2, 0) is 9.59 Å². The van der Waals surface area contributed by atoms with Crippen molar-refractivity contribution in [2.24, 2.45) is 5.92 Å². The summed E-state index contributed by atoms with van der Waals surface area (Å²) in [6, 6.07) is 0. The molecule has 17 heavy (non-hydrogen) atoms. The molecule has 0 radical (unpaired) electrons. The summed E-state index contributed by atoms with van der Waals surface area (Å²) in [6.07, 6.45) is 8.32.